The van der Waals surface area contributed by atoms with Gasteiger partial charge in [0, 0.05) is 29.9 Å². The van der Waals surface area contributed by atoms with E-state index in [1.165, 1.54) is 19.1 Å². The second-order valence-corrected chi connectivity index (χ2v) is 10.0. The second-order valence-electron chi connectivity index (χ2n) is 8.35. The number of ether oxygens (including phenoxy) is 3. The molecular weight excluding hydrogens is 494 g/mol. The number of aromatic nitrogens is 1. The predicted molar refractivity (Wildman–Crippen MR) is 142 cm³/mol. The van der Waals surface area contributed by atoms with Crippen LogP contribution in [0.15, 0.2) is 65.7 Å². The molecule has 4 aromatic rings. The second kappa shape index (κ2) is 10.4. The lowest BCUT2D eigenvalue weighted by Gasteiger charge is -2.15. The van der Waals surface area contributed by atoms with Crippen LogP contribution in [0, 0.1) is 13.8 Å². The molecule has 2 N–H and O–H groups in total. The standard InChI is InChI=1S/C27H27N3O6S/c1-16-14-21(15-17(2)25(16)29-18(3)31)37(32,33)30-19-6-8-20(9-7-19)36-23-12-13-28-26-22(23)10-11-24(34-4)27(26)35-5/h6-15,30H,1-5H3,(H,29,31). The van der Waals surface area contributed by atoms with Gasteiger partial charge < -0.3 is 19.5 Å². The maximum Gasteiger partial charge on any atom is 0.261 e. The van der Waals surface area contributed by atoms with E-state index < -0.39 is 10.0 Å². The van der Waals surface area contributed by atoms with Crippen molar-refractivity contribution in [3.05, 3.63) is 71.9 Å². The number of methoxy groups -OCH3 is 2. The summed E-state index contributed by atoms with van der Waals surface area (Å²) in [5.74, 6) is 1.92. The monoisotopic (exact) mass is 521 g/mol. The van der Waals surface area contributed by atoms with Gasteiger partial charge in [-0.05, 0) is 79.6 Å². The number of pyridine rings is 1. The summed E-state index contributed by atoms with van der Waals surface area (Å²) in [6, 6.07) is 15.0. The number of hydrogen-bond donors (Lipinski definition) is 2. The van der Waals surface area contributed by atoms with Crippen LogP contribution >= 0.6 is 0 Å². The molecule has 37 heavy (non-hydrogen) atoms. The van der Waals surface area contributed by atoms with E-state index in [1.54, 1.807) is 70.7 Å². The lowest BCUT2D eigenvalue weighted by atomic mass is 10.1. The fourth-order valence-corrected chi connectivity index (χ4v) is 5.21. The summed E-state index contributed by atoms with van der Waals surface area (Å²) in [6.45, 7) is 4.90. The van der Waals surface area contributed by atoms with Gasteiger partial charge in [-0.1, -0.05) is 0 Å². The highest BCUT2D eigenvalue weighted by atomic mass is 32.2. The molecule has 1 aromatic heterocycles. The van der Waals surface area contributed by atoms with E-state index in [-0.39, 0.29) is 10.8 Å². The highest BCUT2D eigenvalue weighted by Crippen LogP contribution is 2.39. The summed E-state index contributed by atoms with van der Waals surface area (Å²) in [7, 11) is -0.750. The first-order valence-electron chi connectivity index (χ1n) is 11.3. The molecule has 0 saturated heterocycles. The van der Waals surface area contributed by atoms with Crippen LogP contribution in [-0.4, -0.2) is 33.5 Å². The molecule has 0 unspecified atom stereocenters. The molecule has 0 aliphatic rings. The van der Waals surface area contributed by atoms with Gasteiger partial charge in [-0.15, -0.1) is 0 Å². The van der Waals surface area contributed by atoms with E-state index in [0.717, 1.165) is 5.39 Å². The van der Waals surface area contributed by atoms with Crippen molar-refractivity contribution in [1.82, 2.24) is 4.98 Å². The molecular formula is C27H27N3O6S. The molecule has 0 atom stereocenters. The van der Waals surface area contributed by atoms with Crippen LogP contribution in [0.3, 0.4) is 0 Å². The number of amides is 1. The molecule has 9 nitrogen and oxygen atoms in total. The van der Waals surface area contributed by atoms with Crippen molar-refractivity contribution in [1.29, 1.82) is 0 Å². The van der Waals surface area contributed by atoms with Crippen molar-refractivity contribution in [2.75, 3.05) is 24.3 Å². The maximum atomic E-state index is 13.0. The van der Waals surface area contributed by atoms with Gasteiger partial charge in [0.25, 0.3) is 10.0 Å². The van der Waals surface area contributed by atoms with Gasteiger partial charge in [0.2, 0.25) is 5.91 Å². The van der Waals surface area contributed by atoms with Crippen LogP contribution in [0.4, 0.5) is 11.4 Å². The molecule has 0 aliphatic carbocycles. The Kier molecular flexibility index (Phi) is 7.21. The first kappa shape index (κ1) is 25.8. The number of fused-ring (bicyclic) bond motifs is 1. The zero-order chi connectivity index (χ0) is 26.7. The Labute approximate surface area is 215 Å². The van der Waals surface area contributed by atoms with E-state index in [2.05, 4.69) is 15.0 Å². The summed E-state index contributed by atoms with van der Waals surface area (Å²) >= 11 is 0. The van der Waals surface area contributed by atoms with Gasteiger partial charge in [-0.3, -0.25) is 14.5 Å². The van der Waals surface area contributed by atoms with Gasteiger partial charge in [-0.25, -0.2) is 8.42 Å². The Morgan fingerprint density at radius 1 is 0.892 bits per heavy atom. The van der Waals surface area contributed by atoms with Crippen molar-refractivity contribution in [2.45, 2.75) is 25.7 Å². The molecule has 4 rings (SSSR count). The minimum absolute atomic E-state index is 0.101. The normalized spacial score (nSPS) is 11.2. The highest BCUT2D eigenvalue weighted by Gasteiger charge is 2.18. The summed E-state index contributed by atoms with van der Waals surface area (Å²) in [4.78, 5) is 15.9. The lowest BCUT2D eigenvalue weighted by molar-refractivity contribution is -0.114. The van der Waals surface area contributed by atoms with Gasteiger partial charge in [-0.2, -0.15) is 0 Å². The van der Waals surface area contributed by atoms with E-state index >= 15 is 0 Å². The number of carbonyl (C=O) groups is 1. The molecule has 0 fully saturated rings. The topological polar surface area (TPSA) is 116 Å². The number of rotatable bonds is 8. The Bertz CT molecular complexity index is 1560. The molecule has 0 aliphatic heterocycles. The lowest BCUT2D eigenvalue weighted by Crippen LogP contribution is -2.15. The van der Waals surface area contributed by atoms with Crippen molar-refractivity contribution in [3.63, 3.8) is 0 Å². The number of carbonyl (C=O) groups excluding carboxylic acids is 1. The summed E-state index contributed by atoms with van der Waals surface area (Å²) in [6.07, 6.45) is 1.61. The quantitative estimate of drug-likeness (QED) is 0.318. The summed E-state index contributed by atoms with van der Waals surface area (Å²) < 4.78 is 45.5. The predicted octanol–water partition coefficient (Wildman–Crippen LogP) is 5.42. The number of anilines is 2. The maximum absolute atomic E-state index is 13.0. The highest BCUT2D eigenvalue weighted by molar-refractivity contribution is 7.92. The number of nitrogens with zero attached hydrogens (tertiary/aromatic N) is 1. The first-order valence-corrected chi connectivity index (χ1v) is 12.8. The SMILES string of the molecule is COc1ccc2c(Oc3ccc(NS(=O)(=O)c4cc(C)c(NC(C)=O)c(C)c4)cc3)ccnc2c1OC. The Morgan fingerprint density at radius 2 is 1.57 bits per heavy atom. The van der Waals surface area contributed by atoms with E-state index in [1.807, 2.05) is 6.07 Å². The zero-order valence-corrected chi connectivity index (χ0v) is 21.9. The number of aryl methyl sites for hydroxylation is 2. The largest absolute Gasteiger partial charge is 0.493 e. The summed E-state index contributed by atoms with van der Waals surface area (Å²) in [5.41, 5.74) is 2.88. The first-order chi connectivity index (χ1) is 17.6. The fourth-order valence-electron chi connectivity index (χ4n) is 3.98. The van der Waals surface area contributed by atoms with Crippen LogP contribution in [0.25, 0.3) is 10.9 Å². The Morgan fingerprint density at radius 3 is 2.16 bits per heavy atom. The van der Waals surface area contributed by atoms with Crippen LogP contribution in [-0.2, 0) is 14.8 Å². The Balaban J connectivity index is 1.55. The van der Waals surface area contributed by atoms with Crippen molar-refractivity contribution in [2.24, 2.45) is 0 Å². The van der Waals surface area contributed by atoms with Gasteiger partial charge in [0.1, 0.15) is 17.0 Å². The third-order valence-corrected chi connectivity index (χ3v) is 7.03. The number of hydrogen-bond acceptors (Lipinski definition) is 7. The van der Waals surface area contributed by atoms with Crippen molar-refractivity contribution < 1.29 is 27.4 Å². The van der Waals surface area contributed by atoms with E-state index in [4.69, 9.17) is 14.2 Å². The molecule has 1 heterocycles. The number of nitrogens with one attached hydrogen (secondary N) is 2. The molecule has 0 spiro atoms. The molecule has 3 aromatic carbocycles. The molecule has 1 amide bonds. The third-order valence-electron chi connectivity index (χ3n) is 5.67. The Hall–Kier alpha value is -4.31. The van der Waals surface area contributed by atoms with Gasteiger partial charge in [0.15, 0.2) is 11.5 Å². The van der Waals surface area contributed by atoms with Crippen LogP contribution in [0.1, 0.15) is 18.1 Å². The summed E-state index contributed by atoms with van der Waals surface area (Å²) in [5, 5.41) is 3.47. The number of sulfonamides is 1. The van der Waals surface area contributed by atoms with Gasteiger partial charge >= 0.3 is 0 Å². The van der Waals surface area contributed by atoms with Crippen LogP contribution in [0.2, 0.25) is 0 Å². The van der Waals surface area contributed by atoms with Crippen LogP contribution < -0.4 is 24.2 Å². The fraction of sp³-hybridized carbons (Fsp3) is 0.185. The van der Waals surface area contributed by atoms with Crippen molar-refractivity contribution >= 4 is 38.2 Å². The molecule has 0 bridgehead atoms. The van der Waals surface area contributed by atoms with Gasteiger partial charge in [0.05, 0.1) is 19.1 Å². The van der Waals surface area contributed by atoms with E-state index in [0.29, 0.717) is 51.0 Å². The zero-order valence-electron chi connectivity index (χ0n) is 21.1. The average Bonchev–Trinajstić information content (AvgIpc) is 2.86. The molecule has 0 saturated carbocycles. The smallest absolute Gasteiger partial charge is 0.261 e. The third kappa shape index (κ3) is 5.44. The number of benzene rings is 3. The molecule has 0 radical (unpaired) electrons. The molecule has 10 heteroatoms. The average molecular weight is 522 g/mol. The minimum Gasteiger partial charge on any atom is -0.493 e. The minimum atomic E-state index is -3.86. The van der Waals surface area contributed by atoms with E-state index in [9.17, 15) is 13.2 Å². The van der Waals surface area contributed by atoms with Crippen molar-refractivity contribution in [3.8, 4) is 23.0 Å². The molecule has 192 valence electrons. The van der Waals surface area contributed by atoms with Crippen LogP contribution in [0.5, 0.6) is 23.0 Å².